The molecule has 4 rings (SSSR count). The molecule has 3 heterocycles. The molecular formula is C22H29ClN4O. The number of anilines is 1. The first kappa shape index (κ1) is 20.6. The van der Waals surface area contributed by atoms with Gasteiger partial charge >= 0.3 is 0 Å². The number of halogens is 1. The maximum absolute atomic E-state index is 9.26. The van der Waals surface area contributed by atoms with E-state index in [2.05, 4.69) is 51.7 Å². The van der Waals surface area contributed by atoms with Crippen LogP contribution >= 0.6 is 12.4 Å². The van der Waals surface area contributed by atoms with Gasteiger partial charge in [0.2, 0.25) is 0 Å². The topological polar surface area (TPSA) is 53.7 Å². The molecule has 0 radical (unpaired) electrons. The SMILES string of the molecule is Cc1cc(C)c(-c2c(C)nn3c4c(c(C)nc23)CCN4CCCO)c(C)c1.Cl. The molecule has 0 bridgehead atoms. The van der Waals surface area contributed by atoms with Crippen molar-refractivity contribution in [2.75, 3.05) is 24.6 Å². The number of aliphatic hydroxyl groups excluding tert-OH is 1. The predicted octanol–water partition coefficient (Wildman–Crippen LogP) is 4.11. The average Bonchev–Trinajstić information content (AvgIpc) is 3.15. The predicted molar refractivity (Wildman–Crippen MR) is 117 cm³/mol. The Hall–Kier alpha value is -2.11. The van der Waals surface area contributed by atoms with Crippen molar-refractivity contribution in [1.82, 2.24) is 14.6 Å². The zero-order valence-electron chi connectivity index (χ0n) is 17.3. The minimum atomic E-state index is 0. The number of hydrogen-bond donors (Lipinski definition) is 1. The van der Waals surface area contributed by atoms with E-state index in [4.69, 9.17) is 10.1 Å². The number of aromatic nitrogens is 3. The highest BCUT2D eigenvalue weighted by atomic mass is 35.5. The Labute approximate surface area is 172 Å². The van der Waals surface area contributed by atoms with Gasteiger partial charge in [-0.05, 0) is 64.2 Å². The molecular weight excluding hydrogens is 372 g/mol. The number of nitrogens with zero attached hydrogens (tertiary/aromatic N) is 4. The Kier molecular flexibility index (Phi) is 5.69. The molecule has 3 aromatic rings. The van der Waals surface area contributed by atoms with Crippen molar-refractivity contribution in [2.45, 2.75) is 47.5 Å². The summed E-state index contributed by atoms with van der Waals surface area (Å²) < 4.78 is 2.04. The quantitative estimate of drug-likeness (QED) is 0.716. The van der Waals surface area contributed by atoms with Crippen LogP contribution in [0.2, 0.25) is 0 Å². The second-order valence-electron chi connectivity index (χ2n) is 7.78. The summed E-state index contributed by atoms with van der Waals surface area (Å²) in [6.07, 6.45) is 1.76. The number of aliphatic hydroxyl groups is 1. The fourth-order valence-electron chi connectivity index (χ4n) is 4.60. The molecule has 0 fully saturated rings. The molecule has 5 nitrogen and oxygen atoms in total. The van der Waals surface area contributed by atoms with Gasteiger partial charge in [0.25, 0.3) is 0 Å². The molecule has 1 aromatic carbocycles. The lowest BCUT2D eigenvalue weighted by molar-refractivity contribution is 0.289. The van der Waals surface area contributed by atoms with E-state index in [1.54, 1.807) is 0 Å². The van der Waals surface area contributed by atoms with Crippen molar-refractivity contribution < 1.29 is 5.11 Å². The third-order valence-corrected chi connectivity index (χ3v) is 5.66. The van der Waals surface area contributed by atoms with Crippen LogP contribution in [0, 0.1) is 34.6 Å². The number of rotatable bonds is 4. The molecule has 150 valence electrons. The largest absolute Gasteiger partial charge is 0.396 e. The summed E-state index contributed by atoms with van der Waals surface area (Å²) in [4.78, 5) is 7.33. The smallest absolute Gasteiger partial charge is 0.165 e. The van der Waals surface area contributed by atoms with Crippen LogP contribution in [0.4, 0.5) is 5.82 Å². The van der Waals surface area contributed by atoms with Crippen molar-refractivity contribution in [3.63, 3.8) is 0 Å². The molecule has 6 heteroatoms. The van der Waals surface area contributed by atoms with Crippen molar-refractivity contribution in [1.29, 1.82) is 0 Å². The molecule has 1 aliphatic rings. The molecule has 0 saturated heterocycles. The van der Waals surface area contributed by atoms with Crippen LogP contribution in [0.25, 0.3) is 16.8 Å². The van der Waals surface area contributed by atoms with Crippen LogP contribution in [0.5, 0.6) is 0 Å². The zero-order chi connectivity index (χ0) is 19.3. The molecule has 28 heavy (non-hydrogen) atoms. The number of aryl methyl sites for hydroxylation is 5. The fraction of sp³-hybridized carbons (Fsp3) is 0.455. The summed E-state index contributed by atoms with van der Waals surface area (Å²) in [5.74, 6) is 1.16. The lowest BCUT2D eigenvalue weighted by atomic mass is 9.94. The van der Waals surface area contributed by atoms with E-state index in [-0.39, 0.29) is 19.0 Å². The molecule has 1 aliphatic heterocycles. The monoisotopic (exact) mass is 400 g/mol. The molecule has 0 unspecified atom stereocenters. The Morgan fingerprint density at radius 3 is 2.32 bits per heavy atom. The molecule has 1 N–H and O–H groups in total. The Morgan fingerprint density at radius 2 is 1.68 bits per heavy atom. The van der Waals surface area contributed by atoms with Crippen LogP contribution in [0.15, 0.2) is 12.1 Å². The molecule has 2 aromatic heterocycles. The van der Waals surface area contributed by atoms with Crippen LogP contribution in [0.3, 0.4) is 0 Å². The standard InChI is InChI=1S/C22H28N4O.ClH/c1-13-11-14(2)19(15(3)12-13)20-17(5)24-26-21(20)23-16(4)18-7-9-25(22(18)26)8-6-10-27;/h11-12,27H,6-10H2,1-5H3;1H. The molecule has 0 aliphatic carbocycles. The van der Waals surface area contributed by atoms with Gasteiger partial charge in [-0.3, -0.25) is 0 Å². The van der Waals surface area contributed by atoms with E-state index in [1.165, 1.54) is 27.8 Å². The highest BCUT2D eigenvalue weighted by Gasteiger charge is 2.28. The van der Waals surface area contributed by atoms with Gasteiger partial charge < -0.3 is 10.0 Å². The van der Waals surface area contributed by atoms with Crippen LogP contribution < -0.4 is 4.90 Å². The minimum Gasteiger partial charge on any atom is -0.396 e. The summed E-state index contributed by atoms with van der Waals surface area (Å²) >= 11 is 0. The van der Waals surface area contributed by atoms with Crippen LogP contribution in [-0.2, 0) is 6.42 Å². The van der Waals surface area contributed by atoms with Gasteiger partial charge in [0, 0.05) is 31.0 Å². The fourth-order valence-corrected chi connectivity index (χ4v) is 4.60. The highest BCUT2D eigenvalue weighted by Crippen LogP contribution is 2.38. The second kappa shape index (κ2) is 7.72. The van der Waals surface area contributed by atoms with E-state index in [0.717, 1.165) is 54.3 Å². The second-order valence-corrected chi connectivity index (χ2v) is 7.78. The summed E-state index contributed by atoms with van der Waals surface area (Å²) in [7, 11) is 0. The van der Waals surface area contributed by atoms with Crippen molar-refractivity contribution in [3.05, 3.63) is 45.8 Å². The lowest BCUT2D eigenvalue weighted by Crippen LogP contribution is -2.24. The first-order valence-electron chi connectivity index (χ1n) is 9.75. The summed E-state index contributed by atoms with van der Waals surface area (Å²) in [5.41, 5.74) is 10.5. The third-order valence-electron chi connectivity index (χ3n) is 5.66. The van der Waals surface area contributed by atoms with Gasteiger partial charge in [-0.15, -0.1) is 12.4 Å². The maximum Gasteiger partial charge on any atom is 0.165 e. The van der Waals surface area contributed by atoms with Gasteiger partial charge in [-0.2, -0.15) is 9.61 Å². The molecule has 0 amide bonds. The first-order valence-corrected chi connectivity index (χ1v) is 9.75. The van der Waals surface area contributed by atoms with Gasteiger partial charge in [0.15, 0.2) is 5.65 Å². The summed E-state index contributed by atoms with van der Waals surface area (Å²) in [6, 6.07) is 4.47. The lowest BCUT2D eigenvalue weighted by Gasteiger charge is -2.20. The highest BCUT2D eigenvalue weighted by molar-refractivity contribution is 5.86. The van der Waals surface area contributed by atoms with E-state index in [1.807, 2.05) is 4.52 Å². The maximum atomic E-state index is 9.26. The molecule has 0 spiro atoms. The van der Waals surface area contributed by atoms with Gasteiger partial charge in [-0.25, -0.2) is 4.98 Å². The van der Waals surface area contributed by atoms with E-state index >= 15 is 0 Å². The molecule has 0 atom stereocenters. The Balaban J connectivity index is 0.00000225. The summed E-state index contributed by atoms with van der Waals surface area (Å²) in [6.45, 7) is 12.7. The van der Waals surface area contributed by atoms with Crippen molar-refractivity contribution in [3.8, 4) is 11.1 Å². The van der Waals surface area contributed by atoms with Gasteiger partial charge in [-0.1, -0.05) is 17.7 Å². The van der Waals surface area contributed by atoms with Crippen molar-refractivity contribution >= 4 is 23.9 Å². The average molecular weight is 401 g/mol. The zero-order valence-corrected chi connectivity index (χ0v) is 18.2. The Bertz CT molecular complexity index is 1020. The van der Waals surface area contributed by atoms with Crippen LogP contribution in [0.1, 0.15) is 40.1 Å². The van der Waals surface area contributed by atoms with E-state index in [9.17, 15) is 5.11 Å². The Morgan fingerprint density at radius 1 is 1.00 bits per heavy atom. The van der Waals surface area contributed by atoms with Gasteiger partial charge in [0.05, 0.1) is 11.3 Å². The number of hydrogen-bond acceptors (Lipinski definition) is 4. The van der Waals surface area contributed by atoms with E-state index < -0.39 is 0 Å². The third kappa shape index (κ3) is 3.16. The number of benzene rings is 1. The van der Waals surface area contributed by atoms with Crippen molar-refractivity contribution in [2.24, 2.45) is 0 Å². The van der Waals surface area contributed by atoms with Crippen LogP contribution in [-0.4, -0.2) is 39.4 Å². The minimum absolute atomic E-state index is 0. The van der Waals surface area contributed by atoms with E-state index in [0.29, 0.717) is 0 Å². The number of fused-ring (bicyclic) bond motifs is 3. The van der Waals surface area contributed by atoms with Gasteiger partial charge in [0.1, 0.15) is 5.82 Å². The normalized spacial score (nSPS) is 13.1. The molecule has 0 saturated carbocycles. The summed E-state index contributed by atoms with van der Waals surface area (Å²) in [5, 5.41) is 14.2. The first-order chi connectivity index (χ1) is 12.9.